The number of esters is 3. The number of aliphatic hydroxyl groups is 3. The van der Waals surface area contributed by atoms with Gasteiger partial charge in [0.1, 0.15) is 6.10 Å². The van der Waals surface area contributed by atoms with Crippen molar-refractivity contribution in [2.24, 2.45) is 5.41 Å². The number of carbonyl (C=O) groups is 3. The summed E-state index contributed by atoms with van der Waals surface area (Å²) in [4.78, 5) is 50.0. The second-order valence-electron chi connectivity index (χ2n) is 14.5. The Morgan fingerprint density at radius 3 is 2.51 bits per heavy atom. The van der Waals surface area contributed by atoms with Gasteiger partial charge in [-0.2, -0.15) is 0 Å². The summed E-state index contributed by atoms with van der Waals surface area (Å²) in [5.74, 6) is -5.10. The number of carbonyl (C=O) groups excluding carboxylic acids is 3. The standard InChI is InChI=1S/C37H49NO15/c1-36(2)12-10-33-48-13-11-28(51-33)19-27-9-5-8-26(49-27)17-25(40)18-32(42)50-30(21-39)20-29-15-23(16-31(41)47-3)34(37(36,44)53-29)52-35(43)22-6-4-7-24(14-22)38(45)46/h4,6-7,10,12,14,16,25-30,33-34,39-40,44H,5,8-9,11,13,15,17-21H2,1-3H3/b12-10-,23-16+/t25-,26+,27-,28+,29+,30-,33+,34+,37-/m1/s1. The van der Waals surface area contributed by atoms with Crippen molar-refractivity contribution in [1.82, 2.24) is 0 Å². The fraction of sp³-hybridized carbons (Fsp3) is 0.649. The Hall–Kier alpha value is -3.77. The average Bonchev–Trinajstić information content (AvgIpc) is 3.11. The lowest BCUT2D eigenvalue weighted by Crippen LogP contribution is -2.62. The van der Waals surface area contributed by atoms with Gasteiger partial charge >= 0.3 is 17.9 Å². The number of rotatable bonds is 5. The highest BCUT2D eigenvalue weighted by molar-refractivity contribution is 5.90. The molecule has 0 aliphatic carbocycles. The molecule has 0 radical (unpaired) electrons. The zero-order chi connectivity index (χ0) is 38.3. The second-order valence-corrected chi connectivity index (χ2v) is 14.5. The first-order chi connectivity index (χ1) is 25.2. The molecule has 292 valence electrons. The van der Waals surface area contributed by atoms with Crippen molar-refractivity contribution in [3.63, 3.8) is 0 Å². The molecule has 0 amide bonds. The first-order valence-electron chi connectivity index (χ1n) is 17.9. The summed E-state index contributed by atoms with van der Waals surface area (Å²) in [5.41, 5.74) is -1.95. The van der Waals surface area contributed by atoms with Gasteiger partial charge in [0.25, 0.3) is 5.69 Å². The molecule has 3 fully saturated rings. The van der Waals surface area contributed by atoms with Gasteiger partial charge in [-0.05, 0) is 56.2 Å². The minimum atomic E-state index is -2.46. The summed E-state index contributed by atoms with van der Waals surface area (Å²) in [6.45, 7) is 2.96. The van der Waals surface area contributed by atoms with E-state index in [1.165, 1.54) is 18.2 Å². The lowest BCUT2D eigenvalue weighted by molar-refractivity contribution is -0.384. The van der Waals surface area contributed by atoms with E-state index in [2.05, 4.69) is 0 Å². The topological polar surface area (TPSA) is 220 Å². The van der Waals surface area contributed by atoms with Crippen molar-refractivity contribution in [2.75, 3.05) is 20.3 Å². The number of fused-ring (bicyclic) bond motifs is 6. The van der Waals surface area contributed by atoms with Crippen molar-refractivity contribution >= 4 is 23.6 Å². The number of cyclic esters (lactones) is 1. The van der Waals surface area contributed by atoms with Gasteiger partial charge in [-0.15, -0.1) is 0 Å². The molecule has 16 heteroatoms. The van der Waals surface area contributed by atoms with Crippen LogP contribution in [0.3, 0.4) is 0 Å². The first-order valence-corrected chi connectivity index (χ1v) is 17.9. The summed E-state index contributed by atoms with van der Waals surface area (Å²) in [6.07, 6.45) is 1.10. The van der Waals surface area contributed by atoms with Gasteiger partial charge in [-0.25, -0.2) is 9.59 Å². The van der Waals surface area contributed by atoms with Crippen molar-refractivity contribution in [3.8, 4) is 0 Å². The van der Waals surface area contributed by atoms with E-state index in [-0.39, 0.29) is 60.8 Å². The molecule has 6 bridgehead atoms. The van der Waals surface area contributed by atoms with Crippen molar-refractivity contribution < 1.29 is 67.8 Å². The van der Waals surface area contributed by atoms with Gasteiger partial charge in [0.05, 0.1) is 67.8 Å². The van der Waals surface area contributed by atoms with E-state index in [0.717, 1.165) is 38.5 Å². The van der Waals surface area contributed by atoms with Crippen LogP contribution in [0.2, 0.25) is 0 Å². The highest BCUT2D eigenvalue weighted by atomic mass is 16.7. The molecule has 16 nitrogen and oxygen atoms in total. The molecule has 3 saturated heterocycles. The molecule has 4 aliphatic rings. The Morgan fingerprint density at radius 2 is 1.79 bits per heavy atom. The summed E-state index contributed by atoms with van der Waals surface area (Å²) in [7, 11) is 1.14. The third kappa shape index (κ3) is 10.3. The molecule has 0 saturated carbocycles. The van der Waals surface area contributed by atoms with Crippen LogP contribution < -0.4 is 0 Å². The van der Waals surface area contributed by atoms with Gasteiger partial charge in [0.2, 0.25) is 5.79 Å². The fourth-order valence-corrected chi connectivity index (χ4v) is 7.24. The van der Waals surface area contributed by atoms with Gasteiger partial charge in [0, 0.05) is 36.5 Å². The maximum atomic E-state index is 13.6. The Kier molecular flexibility index (Phi) is 13.4. The summed E-state index contributed by atoms with van der Waals surface area (Å²) in [6, 6.07) is 4.83. The largest absolute Gasteiger partial charge is 0.466 e. The maximum Gasteiger partial charge on any atom is 0.339 e. The van der Waals surface area contributed by atoms with E-state index in [9.17, 15) is 39.8 Å². The van der Waals surface area contributed by atoms with Gasteiger partial charge < -0.3 is 48.5 Å². The zero-order valence-corrected chi connectivity index (χ0v) is 30.1. The van der Waals surface area contributed by atoms with Crippen LogP contribution >= 0.6 is 0 Å². The third-order valence-electron chi connectivity index (χ3n) is 10.1. The smallest absolute Gasteiger partial charge is 0.339 e. The summed E-state index contributed by atoms with van der Waals surface area (Å²) >= 11 is 0. The van der Waals surface area contributed by atoms with Crippen LogP contribution in [0.4, 0.5) is 5.69 Å². The number of nitro benzene ring substituents is 1. The molecular formula is C37H49NO15. The Bertz CT molecular complexity index is 1540. The molecule has 0 spiro atoms. The van der Waals surface area contributed by atoms with Gasteiger partial charge in [-0.1, -0.05) is 26.0 Å². The third-order valence-corrected chi connectivity index (χ3v) is 10.1. The van der Waals surface area contributed by atoms with Crippen LogP contribution in [0.15, 0.2) is 48.1 Å². The molecule has 1 aromatic rings. The normalized spacial score (nSPS) is 35.3. The number of aliphatic hydroxyl groups excluding tert-OH is 2. The predicted molar refractivity (Wildman–Crippen MR) is 183 cm³/mol. The molecule has 0 aromatic heterocycles. The number of ether oxygens (including phenoxy) is 7. The van der Waals surface area contributed by atoms with Crippen LogP contribution in [0.25, 0.3) is 0 Å². The summed E-state index contributed by atoms with van der Waals surface area (Å²) in [5, 5.41) is 45.1. The monoisotopic (exact) mass is 747 g/mol. The molecule has 53 heavy (non-hydrogen) atoms. The van der Waals surface area contributed by atoms with Crippen LogP contribution in [0.5, 0.6) is 0 Å². The molecule has 4 aliphatic heterocycles. The van der Waals surface area contributed by atoms with E-state index in [0.29, 0.717) is 19.4 Å². The number of nitro groups is 1. The van der Waals surface area contributed by atoms with Crippen molar-refractivity contribution in [3.05, 3.63) is 63.7 Å². The van der Waals surface area contributed by atoms with E-state index < -0.39 is 71.3 Å². The van der Waals surface area contributed by atoms with Gasteiger partial charge in [0.15, 0.2) is 12.4 Å². The lowest BCUT2D eigenvalue weighted by atomic mass is 9.74. The highest BCUT2D eigenvalue weighted by Gasteiger charge is 2.57. The SMILES string of the molecule is COC(=O)/C=C1\C[C@H]2C[C@H](CO)OC(=O)C[C@H](O)C[C@@H]3CCC[C@H](C[C@@H]4CCO[C@H](/C=C\C(C)(C)[C@](O)(O2)[C@H]1OC(=O)c1cccc([N+](=O)[O-])c1)O4)O3. The minimum Gasteiger partial charge on any atom is -0.466 e. The number of nitrogens with zero attached hydrogens (tertiary/aromatic N) is 1. The predicted octanol–water partition coefficient (Wildman–Crippen LogP) is 3.19. The number of hydrogen-bond acceptors (Lipinski definition) is 15. The van der Waals surface area contributed by atoms with E-state index >= 15 is 0 Å². The molecule has 9 atom stereocenters. The number of benzene rings is 1. The first kappa shape index (κ1) is 40.4. The average molecular weight is 748 g/mol. The molecule has 0 unspecified atom stereocenters. The fourth-order valence-electron chi connectivity index (χ4n) is 7.24. The van der Waals surface area contributed by atoms with E-state index in [1.807, 2.05) is 0 Å². The van der Waals surface area contributed by atoms with Gasteiger partial charge in [-0.3, -0.25) is 14.9 Å². The van der Waals surface area contributed by atoms with E-state index in [4.69, 9.17) is 33.2 Å². The van der Waals surface area contributed by atoms with E-state index in [1.54, 1.807) is 26.0 Å². The molecule has 5 rings (SSSR count). The van der Waals surface area contributed by atoms with Crippen molar-refractivity contribution in [1.29, 1.82) is 0 Å². The highest BCUT2D eigenvalue weighted by Crippen LogP contribution is 2.47. The maximum absolute atomic E-state index is 13.6. The van der Waals surface area contributed by atoms with Crippen LogP contribution in [-0.4, -0.2) is 113 Å². The zero-order valence-electron chi connectivity index (χ0n) is 30.1. The quantitative estimate of drug-likeness (QED) is 0.0984. The Labute approximate surface area is 307 Å². The second kappa shape index (κ2) is 17.6. The number of non-ortho nitro benzene ring substituents is 1. The Morgan fingerprint density at radius 1 is 1.06 bits per heavy atom. The van der Waals surface area contributed by atoms with Crippen molar-refractivity contribution in [2.45, 2.75) is 126 Å². The molecule has 3 N–H and O–H groups in total. The number of methoxy groups -OCH3 is 1. The summed E-state index contributed by atoms with van der Waals surface area (Å²) < 4.78 is 41.1. The van der Waals surface area contributed by atoms with Crippen LogP contribution in [0.1, 0.15) is 82.0 Å². The van der Waals surface area contributed by atoms with Crippen LogP contribution in [-0.2, 0) is 42.7 Å². The Balaban J connectivity index is 1.53. The number of hydrogen-bond donors (Lipinski definition) is 3. The minimum absolute atomic E-state index is 0.0632. The molecule has 4 heterocycles. The molecule has 1 aromatic carbocycles. The lowest BCUT2D eigenvalue weighted by Gasteiger charge is -2.51. The molecular weight excluding hydrogens is 698 g/mol. The van der Waals surface area contributed by atoms with Crippen LogP contribution in [0, 0.1) is 15.5 Å².